The lowest BCUT2D eigenvalue weighted by atomic mass is 10.1. The van der Waals surface area contributed by atoms with Crippen molar-refractivity contribution >= 4 is 5.97 Å². The monoisotopic (exact) mass is 288 g/mol. The Labute approximate surface area is 124 Å². The average Bonchev–Trinajstić information content (AvgIpc) is 2.97. The van der Waals surface area contributed by atoms with Gasteiger partial charge in [0, 0.05) is 13.1 Å². The lowest BCUT2D eigenvalue weighted by Gasteiger charge is -2.22. The molecule has 0 saturated carbocycles. The molecule has 5 nitrogen and oxygen atoms in total. The summed E-state index contributed by atoms with van der Waals surface area (Å²) in [6.45, 7) is 1.44. The van der Waals surface area contributed by atoms with E-state index >= 15 is 0 Å². The van der Waals surface area contributed by atoms with Crippen LogP contribution in [0.15, 0.2) is 47.1 Å². The molecular formula is C16H20N2O3. The number of aromatic carboxylic acids is 1. The van der Waals surface area contributed by atoms with Crippen molar-refractivity contribution in [2.24, 2.45) is 0 Å². The maximum atomic E-state index is 10.8. The van der Waals surface area contributed by atoms with Crippen molar-refractivity contribution in [2.75, 3.05) is 20.6 Å². The Balaban J connectivity index is 1.89. The molecule has 0 saturated heterocycles. The van der Waals surface area contributed by atoms with Gasteiger partial charge in [0.1, 0.15) is 5.76 Å². The molecule has 1 heterocycles. The first kappa shape index (κ1) is 15.3. The number of hydrogen-bond donors (Lipinski definition) is 2. The molecule has 1 aromatic carbocycles. The van der Waals surface area contributed by atoms with Crippen molar-refractivity contribution in [3.63, 3.8) is 0 Å². The van der Waals surface area contributed by atoms with Gasteiger partial charge in [0.05, 0.1) is 17.9 Å². The smallest absolute Gasteiger partial charge is 0.335 e. The first-order valence-corrected chi connectivity index (χ1v) is 6.80. The van der Waals surface area contributed by atoms with E-state index in [4.69, 9.17) is 9.52 Å². The number of rotatable bonds is 7. The highest BCUT2D eigenvalue weighted by Gasteiger charge is 2.16. The summed E-state index contributed by atoms with van der Waals surface area (Å²) in [6, 6.07) is 10.9. The molecule has 2 N–H and O–H groups in total. The fourth-order valence-corrected chi connectivity index (χ4v) is 2.14. The summed E-state index contributed by atoms with van der Waals surface area (Å²) in [7, 11) is 4.02. The van der Waals surface area contributed by atoms with Crippen LogP contribution in [0.5, 0.6) is 0 Å². The molecule has 0 aliphatic rings. The van der Waals surface area contributed by atoms with E-state index in [2.05, 4.69) is 10.2 Å². The van der Waals surface area contributed by atoms with E-state index in [1.165, 1.54) is 0 Å². The quantitative estimate of drug-likeness (QED) is 0.819. The van der Waals surface area contributed by atoms with Crippen LogP contribution >= 0.6 is 0 Å². The second-order valence-corrected chi connectivity index (χ2v) is 5.13. The lowest BCUT2D eigenvalue weighted by Crippen LogP contribution is -2.30. The van der Waals surface area contributed by atoms with E-state index in [1.54, 1.807) is 18.4 Å². The maximum absolute atomic E-state index is 10.8. The highest BCUT2D eigenvalue weighted by atomic mass is 16.4. The van der Waals surface area contributed by atoms with Gasteiger partial charge in [-0.1, -0.05) is 12.1 Å². The Morgan fingerprint density at radius 3 is 2.52 bits per heavy atom. The molecule has 2 aromatic rings. The lowest BCUT2D eigenvalue weighted by molar-refractivity contribution is 0.0697. The van der Waals surface area contributed by atoms with Crippen LogP contribution in [0.4, 0.5) is 0 Å². The van der Waals surface area contributed by atoms with Gasteiger partial charge in [-0.3, -0.25) is 4.90 Å². The summed E-state index contributed by atoms with van der Waals surface area (Å²) in [5, 5.41) is 12.2. The number of carboxylic acid groups (broad SMARTS) is 1. The zero-order chi connectivity index (χ0) is 15.2. The number of carboxylic acids is 1. The van der Waals surface area contributed by atoms with Gasteiger partial charge in [-0.05, 0) is 43.9 Å². The van der Waals surface area contributed by atoms with Crippen molar-refractivity contribution in [1.82, 2.24) is 10.2 Å². The molecule has 0 amide bonds. The van der Waals surface area contributed by atoms with Crippen LogP contribution in [-0.4, -0.2) is 36.6 Å². The summed E-state index contributed by atoms with van der Waals surface area (Å²) in [5.41, 5.74) is 1.36. The van der Waals surface area contributed by atoms with Crippen LogP contribution in [0.3, 0.4) is 0 Å². The molecule has 112 valence electrons. The number of benzene rings is 1. The van der Waals surface area contributed by atoms with Crippen molar-refractivity contribution in [2.45, 2.75) is 12.6 Å². The van der Waals surface area contributed by atoms with E-state index < -0.39 is 5.97 Å². The first-order chi connectivity index (χ1) is 10.1. The molecular weight excluding hydrogens is 268 g/mol. The van der Waals surface area contributed by atoms with Crippen molar-refractivity contribution in [3.8, 4) is 0 Å². The Morgan fingerprint density at radius 2 is 2.00 bits per heavy atom. The third kappa shape index (κ3) is 4.18. The van der Waals surface area contributed by atoms with E-state index in [0.29, 0.717) is 12.1 Å². The van der Waals surface area contributed by atoms with Gasteiger partial charge in [0.2, 0.25) is 0 Å². The van der Waals surface area contributed by atoms with E-state index in [9.17, 15) is 4.79 Å². The number of nitrogens with zero attached hydrogens (tertiary/aromatic N) is 1. The molecule has 21 heavy (non-hydrogen) atoms. The van der Waals surface area contributed by atoms with Gasteiger partial charge in [-0.15, -0.1) is 0 Å². The fraction of sp³-hybridized carbons (Fsp3) is 0.312. The minimum absolute atomic E-state index is 0.165. The van der Waals surface area contributed by atoms with Crippen molar-refractivity contribution in [3.05, 3.63) is 59.5 Å². The summed E-state index contributed by atoms with van der Waals surface area (Å²) < 4.78 is 5.45. The van der Waals surface area contributed by atoms with Crippen LogP contribution < -0.4 is 5.32 Å². The Kier molecular flexibility index (Phi) is 5.14. The highest BCUT2D eigenvalue weighted by molar-refractivity contribution is 5.87. The van der Waals surface area contributed by atoms with Crippen LogP contribution in [0, 0.1) is 0 Å². The topological polar surface area (TPSA) is 65.7 Å². The summed E-state index contributed by atoms with van der Waals surface area (Å²) in [5.74, 6) is 0.0220. The number of likely N-dealkylation sites (N-methyl/N-ethyl adjacent to an activating group) is 1. The summed E-state index contributed by atoms with van der Waals surface area (Å²) >= 11 is 0. The normalized spacial score (nSPS) is 12.5. The molecule has 0 aliphatic carbocycles. The predicted molar refractivity (Wildman–Crippen MR) is 80.2 cm³/mol. The van der Waals surface area contributed by atoms with Gasteiger partial charge in [-0.2, -0.15) is 0 Å². The average molecular weight is 288 g/mol. The number of nitrogens with one attached hydrogen (secondary N) is 1. The van der Waals surface area contributed by atoms with Gasteiger partial charge < -0.3 is 14.8 Å². The largest absolute Gasteiger partial charge is 0.478 e. The molecule has 5 heteroatoms. The highest BCUT2D eigenvalue weighted by Crippen LogP contribution is 2.17. The number of hydrogen-bond acceptors (Lipinski definition) is 4. The molecule has 0 radical (unpaired) electrons. The molecule has 0 bridgehead atoms. The summed E-state index contributed by atoms with van der Waals surface area (Å²) in [4.78, 5) is 12.9. The Hall–Kier alpha value is -2.11. The zero-order valence-corrected chi connectivity index (χ0v) is 12.2. The number of furan rings is 1. The molecule has 0 spiro atoms. The van der Waals surface area contributed by atoms with Gasteiger partial charge >= 0.3 is 5.97 Å². The van der Waals surface area contributed by atoms with Gasteiger partial charge in [0.15, 0.2) is 0 Å². The maximum Gasteiger partial charge on any atom is 0.335 e. The predicted octanol–water partition coefficient (Wildman–Crippen LogP) is 2.37. The zero-order valence-electron chi connectivity index (χ0n) is 12.2. The van der Waals surface area contributed by atoms with E-state index in [0.717, 1.165) is 17.9 Å². The van der Waals surface area contributed by atoms with E-state index in [1.807, 2.05) is 38.4 Å². The van der Waals surface area contributed by atoms with Crippen LogP contribution in [0.2, 0.25) is 0 Å². The number of carbonyl (C=O) groups is 1. The van der Waals surface area contributed by atoms with Crippen LogP contribution in [0.25, 0.3) is 0 Å². The molecule has 1 unspecified atom stereocenters. The third-order valence-corrected chi connectivity index (χ3v) is 3.36. The van der Waals surface area contributed by atoms with E-state index in [-0.39, 0.29) is 6.04 Å². The first-order valence-electron chi connectivity index (χ1n) is 6.80. The standard InChI is InChI=1S/C16H20N2O3/c1-18(2)14(15-4-3-9-21-15)11-17-10-12-5-7-13(8-6-12)16(19)20/h3-9,14,17H,10-11H2,1-2H3,(H,19,20). The summed E-state index contributed by atoms with van der Waals surface area (Å²) in [6.07, 6.45) is 1.68. The van der Waals surface area contributed by atoms with Crippen molar-refractivity contribution in [1.29, 1.82) is 0 Å². The second kappa shape index (κ2) is 7.06. The fourth-order valence-electron chi connectivity index (χ4n) is 2.14. The SMILES string of the molecule is CN(C)C(CNCc1ccc(C(=O)O)cc1)c1ccco1. The van der Waals surface area contributed by atoms with Crippen LogP contribution in [-0.2, 0) is 6.54 Å². The minimum atomic E-state index is -0.903. The molecule has 1 aromatic heterocycles. The Bertz CT molecular complexity index is 562. The molecule has 1 atom stereocenters. The molecule has 2 rings (SSSR count). The van der Waals surface area contributed by atoms with Crippen LogP contribution in [0.1, 0.15) is 27.7 Å². The minimum Gasteiger partial charge on any atom is -0.478 e. The van der Waals surface area contributed by atoms with Crippen molar-refractivity contribution < 1.29 is 14.3 Å². The Morgan fingerprint density at radius 1 is 1.29 bits per heavy atom. The van der Waals surface area contributed by atoms with Gasteiger partial charge in [0.25, 0.3) is 0 Å². The third-order valence-electron chi connectivity index (χ3n) is 3.36. The molecule has 0 fully saturated rings. The van der Waals surface area contributed by atoms with Gasteiger partial charge in [-0.25, -0.2) is 4.79 Å². The molecule has 0 aliphatic heterocycles. The second-order valence-electron chi connectivity index (χ2n) is 5.13.